The largest absolute Gasteiger partial charge is 0.354 e. The lowest BCUT2D eigenvalue weighted by Crippen LogP contribution is -2.46. The third kappa shape index (κ3) is 2.66. The van der Waals surface area contributed by atoms with Crippen LogP contribution >= 0.6 is 11.3 Å². The summed E-state index contributed by atoms with van der Waals surface area (Å²) in [6.07, 6.45) is 1.07. The molecule has 1 fully saturated rings. The van der Waals surface area contributed by atoms with Crippen LogP contribution in [0.4, 0.5) is 5.82 Å². The number of nitrogens with one attached hydrogen (secondary N) is 1. The highest BCUT2D eigenvalue weighted by atomic mass is 32.1. The van der Waals surface area contributed by atoms with Gasteiger partial charge in [-0.1, -0.05) is 13.8 Å². The van der Waals surface area contributed by atoms with Gasteiger partial charge in [-0.05, 0) is 37.1 Å². The number of hydrogen-bond donors (Lipinski definition) is 1. The van der Waals surface area contributed by atoms with Gasteiger partial charge in [-0.15, -0.1) is 11.3 Å². The summed E-state index contributed by atoms with van der Waals surface area (Å²) in [5, 5.41) is 10.7. The molecule has 0 bridgehead atoms. The zero-order chi connectivity index (χ0) is 16.8. The van der Waals surface area contributed by atoms with Gasteiger partial charge >= 0.3 is 0 Å². The van der Waals surface area contributed by atoms with E-state index in [1.54, 1.807) is 11.3 Å². The molecule has 1 N–H and O–H groups in total. The van der Waals surface area contributed by atoms with Crippen molar-refractivity contribution < 1.29 is 0 Å². The summed E-state index contributed by atoms with van der Waals surface area (Å²) >= 11 is 1.73. The molecular weight excluding hydrogens is 320 g/mol. The topological polar surface area (TPSA) is 70.6 Å². The first-order chi connectivity index (χ1) is 11.5. The summed E-state index contributed by atoms with van der Waals surface area (Å²) in [5.41, 5.74) is 1.37. The highest BCUT2D eigenvalue weighted by molar-refractivity contribution is 7.17. The fourth-order valence-corrected chi connectivity index (χ4v) is 4.25. The molecule has 0 unspecified atom stereocenters. The van der Waals surface area contributed by atoms with Crippen LogP contribution in [0.25, 0.3) is 10.2 Å². The number of nitrogens with zero attached hydrogens (tertiary/aromatic N) is 5. The molecular formula is C17H22N6S. The maximum Gasteiger partial charge on any atom is 0.157 e. The molecule has 0 radical (unpaired) electrons. The third-order valence-electron chi connectivity index (χ3n) is 4.39. The number of aromatic amines is 1. The van der Waals surface area contributed by atoms with E-state index in [1.165, 1.54) is 10.9 Å². The van der Waals surface area contributed by atoms with Crippen molar-refractivity contribution in [2.45, 2.75) is 40.0 Å². The number of anilines is 1. The Morgan fingerprint density at radius 3 is 2.71 bits per heavy atom. The van der Waals surface area contributed by atoms with Crippen LogP contribution in [0.3, 0.4) is 0 Å². The highest BCUT2D eigenvalue weighted by Gasteiger charge is 2.33. The first-order valence-corrected chi connectivity index (χ1v) is 9.27. The van der Waals surface area contributed by atoms with Crippen LogP contribution in [0.5, 0.6) is 0 Å². The molecule has 0 spiro atoms. The Hall–Kier alpha value is -2.02. The van der Waals surface area contributed by atoms with Crippen molar-refractivity contribution in [3.8, 4) is 0 Å². The van der Waals surface area contributed by atoms with Gasteiger partial charge in [0, 0.05) is 13.1 Å². The monoisotopic (exact) mass is 342 g/mol. The van der Waals surface area contributed by atoms with Crippen molar-refractivity contribution in [1.29, 1.82) is 0 Å². The van der Waals surface area contributed by atoms with Gasteiger partial charge in [0.05, 0.1) is 11.3 Å². The van der Waals surface area contributed by atoms with E-state index in [1.807, 2.05) is 13.8 Å². The summed E-state index contributed by atoms with van der Waals surface area (Å²) in [4.78, 5) is 17.3. The minimum Gasteiger partial charge on any atom is -0.354 e. The maximum atomic E-state index is 4.77. The van der Waals surface area contributed by atoms with E-state index >= 15 is 0 Å². The van der Waals surface area contributed by atoms with Crippen LogP contribution in [0.15, 0.2) is 5.38 Å². The van der Waals surface area contributed by atoms with Crippen LogP contribution < -0.4 is 4.90 Å². The minimum absolute atomic E-state index is 0.382. The smallest absolute Gasteiger partial charge is 0.157 e. The minimum atomic E-state index is 0.382. The number of thiophene rings is 1. The predicted molar refractivity (Wildman–Crippen MR) is 96.8 cm³/mol. The Bertz CT molecular complexity index is 874. The van der Waals surface area contributed by atoms with Gasteiger partial charge in [0.15, 0.2) is 5.82 Å². The lowest BCUT2D eigenvalue weighted by Gasteiger charge is -2.39. The van der Waals surface area contributed by atoms with Crippen LogP contribution in [0.1, 0.15) is 42.8 Å². The molecule has 4 heterocycles. The van der Waals surface area contributed by atoms with E-state index in [0.717, 1.165) is 47.6 Å². The molecule has 6 nitrogen and oxygen atoms in total. The van der Waals surface area contributed by atoms with E-state index in [2.05, 4.69) is 44.3 Å². The van der Waals surface area contributed by atoms with Crippen LogP contribution in [-0.2, 0) is 6.42 Å². The van der Waals surface area contributed by atoms with Gasteiger partial charge in [-0.3, -0.25) is 5.10 Å². The average molecular weight is 342 g/mol. The fourth-order valence-electron chi connectivity index (χ4n) is 3.26. The van der Waals surface area contributed by atoms with Crippen LogP contribution in [0.2, 0.25) is 0 Å². The standard InChI is InChI=1S/C17H22N6S/c1-9(2)5-12-8-24-17-14(12)16(19-10(3)20-17)23-6-13(7-23)15-18-11(4)21-22-15/h8-9,13H,5-7H2,1-4H3,(H,18,21,22). The molecule has 0 atom stereocenters. The molecule has 0 amide bonds. The number of rotatable bonds is 4. The molecule has 0 aromatic carbocycles. The zero-order valence-corrected chi connectivity index (χ0v) is 15.3. The van der Waals surface area contributed by atoms with Crippen molar-refractivity contribution in [2.75, 3.05) is 18.0 Å². The summed E-state index contributed by atoms with van der Waals surface area (Å²) in [6, 6.07) is 0. The van der Waals surface area contributed by atoms with Crippen LogP contribution in [-0.4, -0.2) is 38.2 Å². The van der Waals surface area contributed by atoms with Crippen molar-refractivity contribution in [3.05, 3.63) is 28.4 Å². The molecule has 0 saturated carbocycles. The van der Waals surface area contributed by atoms with Crippen molar-refractivity contribution in [1.82, 2.24) is 25.1 Å². The van der Waals surface area contributed by atoms with E-state index in [4.69, 9.17) is 4.98 Å². The van der Waals surface area contributed by atoms with Crippen LogP contribution in [0, 0.1) is 19.8 Å². The zero-order valence-electron chi connectivity index (χ0n) is 14.5. The highest BCUT2D eigenvalue weighted by Crippen LogP contribution is 2.37. The normalized spacial score (nSPS) is 15.5. The molecule has 24 heavy (non-hydrogen) atoms. The quantitative estimate of drug-likeness (QED) is 0.788. The van der Waals surface area contributed by atoms with Gasteiger partial charge in [0.2, 0.25) is 0 Å². The molecule has 4 rings (SSSR count). The first kappa shape index (κ1) is 15.5. The van der Waals surface area contributed by atoms with E-state index in [-0.39, 0.29) is 0 Å². The maximum absolute atomic E-state index is 4.77. The second-order valence-electron chi connectivity index (χ2n) is 7.01. The number of aromatic nitrogens is 5. The molecule has 3 aromatic rings. The van der Waals surface area contributed by atoms with Gasteiger partial charge < -0.3 is 4.90 Å². The predicted octanol–water partition coefficient (Wildman–Crippen LogP) is 3.23. The number of hydrogen-bond acceptors (Lipinski definition) is 6. The second kappa shape index (κ2) is 5.81. The summed E-state index contributed by atoms with van der Waals surface area (Å²) < 4.78 is 0. The molecule has 0 aliphatic carbocycles. The third-order valence-corrected chi connectivity index (χ3v) is 5.31. The van der Waals surface area contributed by atoms with Gasteiger partial charge in [-0.2, -0.15) is 5.10 Å². The van der Waals surface area contributed by atoms with Gasteiger partial charge in [-0.25, -0.2) is 15.0 Å². The SMILES string of the molecule is Cc1nc(N2CC(c3n[nH]c(C)n3)C2)c2c(CC(C)C)csc2n1. The van der Waals surface area contributed by atoms with Gasteiger partial charge in [0.25, 0.3) is 0 Å². The molecule has 7 heteroatoms. The fraction of sp³-hybridized carbons (Fsp3) is 0.529. The summed E-state index contributed by atoms with van der Waals surface area (Å²) in [6.45, 7) is 10.3. The lowest BCUT2D eigenvalue weighted by atomic mass is 9.97. The van der Waals surface area contributed by atoms with E-state index < -0.39 is 0 Å². The molecule has 1 aliphatic heterocycles. The Labute approximate surface area is 145 Å². The Morgan fingerprint density at radius 2 is 2.04 bits per heavy atom. The number of H-pyrrole nitrogens is 1. The van der Waals surface area contributed by atoms with Crippen molar-refractivity contribution in [3.63, 3.8) is 0 Å². The van der Waals surface area contributed by atoms with Crippen molar-refractivity contribution >= 4 is 27.4 Å². The van der Waals surface area contributed by atoms with E-state index in [9.17, 15) is 0 Å². The van der Waals surface area contributed by atoms with E-state index in [0.29, 0.717) is 11.8 Å². The Balaban J connectivity index is 1.65. The molecule has 3 aromatic heterocycles. The summed E-state index contributed by atoms with van der Waals surface area (Å²) in [7, 11) is 0. The van der Waals surface area contributed by atoms with Crippen molar-refractivity contribution in [2.24, 2.45) is 5.92 Å². The number of fused-ring (bicyclic) bond motifs is 1. The van der Waals surface area contributed by atoms with Gasteiger partial charge in [0.1, 0.15) is 22.3 Å². The lowest BCUT2D eigenvalue weighted by molar-refractivity contribution is 0.498. The molecule has 126 valence electrons. The Kier molecular flexibility index (Phi) is 3.75. The number of aryl methyl sites for hydroxylation is 2. The molecule has 1 saturated heterocycles. The Morgan fingerprint density at radius 1 is 1.25 bits per heavy atom. The molecule has 1 aliphatic rings. The second-order valence-corrected chi connectivity index (χ2v) is 7.87. The first-order valence-electron chi connectivity index (χ1n) is 8.40. The average Bonchev–Trinajstić information content (AvgIpc) is 3.04. The summed E-state index contributed by atoms with van der Waals surface area (Å²) in [5.74, 6) is 4.72.